The van der Waals surface area contributed by atoms with E-state index in [9.17, 15) is 0 Å². The van der Waals surface area contributed by atoms with E-state index in [0.29, 0.717) is 6.54 Å². The molecule has 116 valence electrons. The van der Waals surface area contributed by atoms with Gasteiger partial charge in [-0.1, -0.05) is 0 Å². The zero-order valence-corrected chi connectivity index (χ0v) is 15.8. The Kier molecular flexibility index (Phi) is 7.32. The predicted molar refractivity (Wildman–Crippen MR) is 96.0 cm³/mol. The van der Waals surface area contributed by atoms with Crippen LogP contribution in [-0.2, 0) is 13.6 Å². The number of imidazole rings is 1. The van der Waals surface area contributed by atoms with E-state index in [-0.39, 0.29) is 29.5 Å². The molecule has 7 heteroatoms. The van der Waals surface area contributed by atoms with Crippen LogP contribution >= 0.6 is 24.0 Å². The summed E-state index contributed by atoms with van der Waals surface area (Å²) in [5, 5.41) is 6.62. The van der Waals surface area contributed by atoms with Crippen LogP contribution in [0.5, 0.6) is 0 Å². The molecule has 1 heterocycles. The molecule has 6 nitrogen and oxygen atoms in total. The first-order chi connectivity index (χ1) is 8.74. The molecule has 0 aromatic carbocycles. The molecule has 1 aromatic heterocycles. The summed E-state index contributed by atoms with van der Waals surface area (Å²) in [5.74, 6) is 1.73. The summed E-state index contributed by atoms with van der Waals surface area (Å²) in [7, 11) is 7.76. The number of nitrogens with one attached hydrogen (secondary N) is 2. The minimum Gasteiger partial charge on any atom is -0.352 e. The number of hydrogen-bond donors (Lipinski definition) is 2. The summed E-state index contributed by atoms with van der Waals surface area (Å²) in [5.41, 5.74) is 1.10. The van der Waals surface area contributed by atoms with Gasteiger partial charge < -0.3 is 20.1 Å². The third-order valence-corrected chi connectivity index (χ3v) is 2.61. The van der Waals surface area contributed by atoms with Crippen LogP contribution in [0.1, 0.15) is 26.5 Å². The summed E-state index contributed by atoms with van der Waals surface area (Å²) >= 11 is 0. The van der Waals surface area contributed by atoms with Crippen molar-refractivity contribution >= 4 is 35.9 Å². The van der Waals surface area contributed by atoms with Crippen molar-refractivity contribution in [1.82, 2.24) is 20.2 Å². The van der Waals surface area contributed by atoms with Crippen LogP contribution in [0, 0.1) is 0 Å². The highest BCUT2D eigenvalue weighted by Crippen LogP contribution is 2.10. The Morgan fingerprint density at radius 1 is 1.40 bits per heavy atom. The first-order valence-corrected chi connectivity index (χ1v) is 6.41. The van der Waals surface area contributed by atoms with Gasteiger partial charge in [0.2, 0.25) is 5.95 Å². The molecule has 0 aliphatic rings. The fourth-order valence-corrected chi connectivity index (χ4v) is 1.72. The Balaban J connectivity index is 0.00000361. The lowest BCUT2D eigenvalue weighted by atomic mass is 10.1. The number of hydrogen-bond acceptors (Lipinski definition) is 3. The average Bonchev–Trinajstić information content (AvgIpc) is 2.64. The second kappa shape index (κ2) is 7.70. The standard InChI is InChI=1S/C13H26N6.HI/c1-13(2,3)17-11(14-4)15-8-10-9-16-12(18(5)6)19(10)7;/h9H,8H2,1-7H3,(H2,14,15,17);1H. The lowest BCUT2D eigenvalue weighted by molar-refractivity contribution is 0.500. The van der Waals surface area contributed by atoms with Gasteiger partial charge in [0.15, 0.2) is 5.96 Å². The summed E-state index contributed by atoms with van der Waals surface area (Å²) in [4.78, 5) is 10.6. The first kappa shape index (κ1) is 19.0. The van der Waals surface area contributed by atoms with E-state index in [1.807, 2.05) is 32.2 Å². The maximum atomic E-state index is 4.38. The number of aromatic nitrogens is 2. The van der Waals surface area contributed by atoms with Gasteiger partial charge in [-0.05, 0) is 20.8 Å². The minimum absolute atomic E-state index is 0. The van der Waals surface area contributed by atoms with Crippen molar-refractivity contribution in [3.63, 3.8) is 0 Å². The summed E-state index contributed by atoms with van der Waals surface area (Å²) < 4.78 is 2.07. The van der Waals surface area contributed by atoms with Crippen LogP contribution in [0.25, 0.3) is 0 Å². The third-order valence-electron chi connectivity index (χ3n) is 2.61. The number of nitrogens with zero attached hydrogens (tertiary/aromatic N) is 4. The molecule has 0 saturated heterocycles. The number of aliphatic imine (C=N–C) groups is 1. The molecule has 20 heavy (non-hydrogen) atoms. The molecule has 0 unspecified atom stereocenters. The fourth-order valence-electron chi connectivity index (χ4n) is 1.72. The van der Waals surface area contributed by atoms with Crippen LogP contribution in [0.4, 0.5) is 5.95 Å². The maximum Gasteiger partial charge on any atom is 0.204 e. The van der Waals surface area contributed by atoms with Crippen molar-refractivity contribution in [2.45, 2.75) is 32.9 Å². The van der Waals surface area contributed by atoms with Gasteiger partial charge in [-0.2, -0.15) is 0 Å². The lowest BCUT2D eigenvalue weighted by Gasteiger charge is -2.23. The van der Waals surface area contributed by atoms with Crippen LogP contribution in [0.2, 0.25) is 0 Å². The monoisotopic (exact) mass is 394 g/mol. The molecule has 0 saturated carbocycles. The Labute approximate surface area is 139 Å². The Morgan fingerprint density at radius 2 is 2.00 bits per heavy atom. The fraction of sp³-hybridized carbons (Fsp3) is 0.692. The van der Waals surface area contributed by atoms with E-state index < -0.39 is 0 Å². The van der Waals surface area contributed by atoms with Crippen molar-refractivity contribution < 1.29 is 0 Å². The van der Waals surface area contributed by atoms with E-state index in [2.05, 4.69) is 45.9 Å². The highest BCUT2D eigenvalue weighted by atomic mass is 127. The molecular formula is C13H27IN6. The summed E-state index contributed by atoms with van der Waals surface area (Å²) in [6, 6.07) is 0. The normalized spacial score (nSPS) is 11.8. The van der Waals surface area contributed by atoms with Crippen LogP contribution in [-0.4, -0.2) is 42.2 Å². The minimum atomic E-state index is -0.0108. The van der Waals surface area contributed by atoms with E-state index in [4.69, 9.17) is 0 Å². The molecule has 0 aliphatic heterocycles. The Morgan fingerprint density at radius 3 is 2.40 bits per heavy atom. The van der Waals surface area contributed by atoms with Crippen LogP contribution in [0.3, 0.4) is 0 Å². The SMILES string of the molecule is CN=C(NCc1cnc(N(C)C)n1C)NC(C)(C)C.I. The molecule has 0 spiro atoms. The molecule has 0 aliphatic carbocycles. The predicted octanol–water partition coefficient (Wildman–Crippen LogP) is 1.57. The molecule has 0 atom stereocenters. The van der Waals surface area contributed by atoms with Crippen molar-refractivity contribution in [3.05, 3.63) is 11.9 Å². The number of rotatable bonds is 3. The van der Waals surface area contributed by atoms with Gasteiger partial charge in [0.25, 0.3) is 0 Å². The Bertz CT molecular complexity index is 444. The summed E-state index contributed by atoms with van der Waals surface area (Å²) in [6.07, 6.45) is 1.88. The quantitative estimate of drug-likeness (QED) is 0.464. The van der Waals surface area contributed by atoms with Gasteiger partial charge in [-0.15, -0.1) is 24.0 Å². The van der Waals surface area contributed by atoms with E-state index in [1.165, 1.54) is 0 Å². The van der Waals surface area contributed by atoms with E-state index in [0.717, 1.165) is 17.6 Å². The van der Waals surface area contributed by atoms with Crippen molar-refractivity contribution in [2.24, 2.45) is 12.0 Å². The van der Waals surface area contributed by atoms with Gasteiger partial charge in [-0.3, -0.25) is 4.99 Å². The van der Waals surface area contributed by atoms with Gasteiger partial charge >= 0.3 is 0 Å². The van der Waals surface area contributed by atoms with Crippen LogP contribution in [0.15, 0.2) is 11.2 Å². The number of guanidine groups is 1. The maximum absolute atomic E-state index is 4.38. The molecule has 0 amide bonds. The topological polar surface area (TPSA) is 57.5 Å². The van der Waals surface area contributed by atoms with Gasteiger partial charge in [-0.25, -0.2) is 4.98 Å². The zero-order valence-electron chi connectivity index (χ0n) is 13.5. The lowest BCUT2D eigenvalue weighted by Crippen LogP contribution is -2.47. The van der Waals surface area contributed by atoms with E-state index >= 15 is 0 Å². The zero-order chi connectivity index (χ0) is 14.6. The highest BCUT2D eigenvalue weighted by molar-refractivity contribution is 14.0. The highest BCUT2D eigenvalue weighted by Gasteiger charge is 2.13. The van der Waals surface area contributed by atoms with Gasteiger partial charge in [0.1, 0.15) is 0 Å². The van der Waals surface area contributed by atoms with Crippen LogP contribution < -0.4 is 15.5 Å². The molecular weight excluding hydrogens is 367 g/mol. The second-order valence-electron chi connectivity index (χ2n) is 5.80. The third kappa shape index (κ3) is 5.56. The molecule has 0 bridgehead atoms. The Hall–Kier alpha value is -0.990. The molecule has 2 N–H and O–H groups in total. The molecule has 0 fully saturated rings. The number of halogens is 1. The van der Waals surface area contributed by atoms with Crippen molar-refractivity contribution in [1.29, 1.82) is 0 Å². The average molecular weight is 394 g/mol. The van der Waals surface area contributed by atoms with Gasteiger partial charge in [0.05, 0.1) is 18.4 Å². The number of anilines is 1. The molecule has 1 aromatic rings. The van der Waals surface area contributed by atoms with Crippen molar-refractivity contribution in [2.75, 3.05) is 26.0 Å². The largest absolute Gasteiger partial charge is 0.352 e. The van der Waals surface area contributed by atoms with E-state index in [1.54, 1.807) is 7.05 Å². The van der Waals surface area contributed by atoms with Crippen molar-refractivity contribution in [3.8, 4) is 0 Å². The molecule has 0 radical (unpaired) electrons. The second-order valence-corrected chi connectivity index (χ2v) is 5.80. The molecule has 1 rings (SSSR count). The summed E-state index contributed by atoms with van der Waals surface area (Å²) in [6.45, 7) is 7.00. The van der Waals surface area contributed by atoms with Gasteiger partial charge in [0, 0.05) is 33.7 Å². The first-order valence-electron chi connectivity index (χ1n) is 6.41. The smallest absolute Gasteiger partial charge is 0.204 e.